The number of nitrogens with one attached hydrogen (secondary N) is 1. The molecule has 0 radical (unpaired) electrons. The van der Waals surface area contributed by atoms with Gasteiger partial charge in [0.1, 0.15) is 6.61 Å². The highest BCUT2D eigenvalue weighted by Crippen LogP contribution is 2.18. The summed E-state index contributed by atoms with van der Waals surface area (Å²) in [5.41, 5.74) is -0.177. The topological polar surface area (TPSA) is 84.9 Å². The Labute approximate surface area is 123 Å². The summed E-state index contributed by atoms with van der Waals surface area (Å²) >= 11 is 0. The summed E-state index contributed by atoms with van der Waals surface area (Å²) < 4.78 is 10.4. The number of rotatable bonds is 7. The molecule has 114 valence electrons. The van der Waals surface area contributed by atoms with Crippen molar-refractivity contribution in [1.29, 1.82) is 0 Å². The summed E-state index contributed by atoms with van der Waals surface area (Å²) in [6.07, 6.45) is 0.986. The molecule has 6 heteroatoms. The zero-order chi connectivity index (χ0) is 15.1. The Morgan fingerprint density at radius 2 is 2.10 bits per heavy atom. The van der Waals surface area contributed by atoms with E-state index in [0.717, 1.165) is 5.56 Å². The molecule has 1 aliphatic rings. The van der Waals surface area contributed by atoms with E-state index in [0.29, 0.717) is 19.6 Å². The van der Waals surface area contributed by atoms with Gasteiger partial charge in [-0.15, -0.1) is 0 Å². The van der Waals surface area contributed by atoms with E-state index in [1.807, 2.05) is 30.3 Å². The number of hydrogen-bond donors (Lipinski definition) is 2. The Morgan fingerprint density at radius 3 is 2.71 bits per heavy atom. The Morgan fingerprint density at radius 1 is 1.33 bits per heavy atom. The van der Waals surface area contributed by atoms with Gasteiger partial charge in [-0.25, -0.2) is 4.79 Å². The van der Waals surface area contributed by atoms with E-state index in [9.17, 15) is 14.7 Å². The second kappa shape index (κ2) is 7.19. The molecule has 0 bridgehead atoms. The van der Waals surface area contributed by atoms with E-state index in [1.165, 1.54) is 0 Å². The molecule has 1 aromatic rings. The van der Waals surface area contributed by atoms with Crippen LogP contribution in [0, 0.1) is 0 Å². The van der Waals surface area contributed by atoms with Gasteiger partial charge in [0.15, 0.2) is 5.54 Å². The van der Waals surface area contributed by atoms with Gasteiger partial charge in [-0.1, -0.05) is 30.3 Å². The molecule has 1 aliphatic heterocycles. The Kier molecular flexibility index (Phi) is 5.30. The summed E-state index contributed by atoms with van der Waals surface area (Å²) in [4.78, 5) is 23.0. The molecule has 1 atom stereocenters. The van der Waals surface area contributed by atoms with E-state index >= 15 is 0 Å². The first-order chi connectivity index (χ1) is 10.1. The zero-order valence-electron chi connectivity index (χ0n) is 11.7. The third-order valence-corrected chi connectivity index (χ3v) is 3.42. The predicted octanol–water partition coefficient (Wildman–Crippen LogP) is 0.606. The molecule has 0 aromatic heterocycles. The van der Waals surface area contributed by atoms with Crippen LogP contribution in [-0.2, 0) is 25.5 Å². The first kappa shape index (κ1) is 15.5. The van der Waals surface area contributed by atoms with Crippen LogP contribution >= 0.6 is 0 Å². The van der Waals surface area contributed by atoms with Gasteiger partial charge in [0.25, 0.3) is 0 Å². The predicted molar refractivity (Wildman–Crippen MR) is 74.9 cm³/mol. The molecule has 1 amide bonds. The van der Waals surface area contributed by atoms with E-state index in [1.54, 1.807) is 0 Å². The number of carbonyl (C=O) groups excluding carboxylic acids is 1. The van der Waals surface area contributed by atoms with Crippen LogP contribution < -0.4 is 5.32 Å². The Hall–Kier alpha value is -1.92. The van der Waals surface area contributed by atoms with Crippen molar-refractivity contribution in [3.63, 3.8) is 0 Å². The molecule has 1 fully saturated rings. The average Bonchev–Trinajstić information content (AvgIpc) is 2.94. The third-order valence-electron chi connectivity index (χ3n) is 3.42. The number of carboxylic acid groups (broad SMARTS) is 1. The number of hydrogen-bond acceptors (Lipinski definition) is 4. The lowest BCUT2D eigenvalue weighted by Crippen LogP contribution is -2.56. The highest BCUT2D eigenvalue weighted by Gasteiger charge is 2.43. The van der Waals surface area contributed by atoms with Crippen LogP contribution in [0.5, 0.6) is 0 Å². The first-order valence-electron chi connectivity index (χ1n) is 6.86. The summed E-state index contributed by atoms with van der Waals surface area (Å²) in [6, 6.07) is 9.79. The number of ether oxygens (including phenoxy) is 2. The number of aliphatic carboxylic acids is 1. The zero-order valence-corrected chi connectivity index (χ0v) is 11.7. The molecule has 1 unspecified atom stereocenters. The first-order valence-corrected chi connectivity index (χ1v) is 6.86. The minimum absolute atomic E-state index is 0.00190. The van der Waals surface area contributed by atoms with Crippen LogP contribution in [0.15, 0.2) is 30.3 Å². The lowest BCUT2D eigenvalue weighted by molar-refractivity contribution is -0.148. The fourth-order valence-corrected chi connectivity index (χ4v) is 2.19. The lowest BCUT2D eigenvalue weighted by atomic mass is 9.99. The van der Waals surface area contributed by atoms with Gasteiger partial charge in [0.2, 0.25) is 5.91 Å². The highest BCUT2D eigenvalue weighted by atomic mass is 16.5. The quantitative estimate of drug-likeness (QED) is 0.719. The molecule has 21 heavy (non-hydrogen) atoms. The number of carboxylic acids is 1. The van der Waals surface area contributed by atoms with Crippen molar-refractivity contribution in [2.24, 2.45) is 0 Å². The summed E-state index contributed by atoms with van der Waals surface area (Å²) in [7, 11) is 0. The van der Waals surface area contributed by atoms with Crippen LogP contribution in [0.3, 0.4) is 0 Å². The summed E-state index contributed by atoms with van der Waals surface area (Å²) in [5.74, 6) is -1.51. The van der Waals surface area contributed by atoms with Crippen LogP contribution in [0.2, 0.25) is 0 Å². The maximum Gasteiger partial charge on any atom is 0.331 e. The van der Waals surface area contributed by atoms with Gasteiger partial charge >= 0.3 is 5.97 Å². The molecule has 1 saturated heterocycles. The molecular formula is C15H19NO5. The maximum absolute atomic E-state index is 11.8. The number of benzene rings is 1. The molecule has 1 aromatic carbocycles. The molecular weight excluding hydrogens is 274 g/mol. The van der Waals surface area contributed by atoms with Gasteiger partial charge < -0.3 is 19.9 Å². The molecule has 0 saturated carbocycles. The molecule has 1 heterocycles. The normalized spacial score (nSPS) is 21.1. The minimum atomic E-state index is -1.31. The Bertz CT molecular complexity index is 482. The molecule has 6 nitrogen and oxygen atoms in total. The fourth-order valence-electron chi connectivity index (χ4n) is 2.19. The van der Waals surface area contributed by atoms with Crippen molar-refractivity contribution < 1.29 is 24.2 Å². The van der Waals surface area contributed by atoms with E-state index in [-0.39, 0.29) is 19.6 Å². The van der Waals surface area contributed by atoms with E-state index in [2.05, 4.69) is 5.32 Å². The van der Waals surface area contributed by atoms with E-state index in [4.69, 9.17) is 9.47 Å². The highest BCUT2D eigenvalue weighted by molar-refractivity contribution is 5.87. The summed E-state index contributed by atoms with van der Waals surface area (Å²) in [5, 5.41) is 11.7. The van der Waals surface area contributed by atoms with Gasteiger partial charge in [-0.3, -0.25) is 4.79 Å². The van der Waals surface area contributed by atoms with Crippen LogP contribution in [0.1, 0.15) is 12.0 Å². The van der Waals surface area contributed by atoms with Crippen molar-refractivity contribution in [3.05, 3.63) is 35.9 Å². The van der Waals surface area contributed by atoms with Crippen molar-refractivity contribution in [1.82, 2.24) is 5.32 Å². The molecule has 2 N–H and O–H groups in total. The third kappa shape index (κ3) is 4.27. The van der Waals surface area contributed by atoms with Gasteiger partial charge in [0, 0.05) is 13.0 Å². The molecule has 2 rings (SSSR count). The van der Waals surface area contributed by atoms with Crippen molar-refractivity contribution in [3.8, 4) is 0 Å². The second-order valence-electron chi connectivity index (χ2n) is 5.03. The second-order valence-corrected chi connectivity index (χ2v) is 5.03. The van der Waals surface area contributed by atoms with Crippen LogP contribution in [0.25, 0.3) is 0 Å². The van der Waals surface area contributed by atoms with Gasteiger partial charge in [-0.2, -0.15) is 0 Å². The number of amides is 1. The maximum atomic E-state index is 11.8. The molecule has 0 aliphatic carbocycles. The van der Waals surface area contributed by atoms with Crippen LogP contribution in [0.4, 0.5) is 0 Å². The summed E-state index contributed by atoms with van der Waals surface area (Å²) in [6.45, 7) is 0.593. The fraction of sp³-hybridized carbons (Fsp3) is 0.467. The monoisotopic (exact) mass is 293 g/mol. The molecule has 0 spiro atoms. The van der Waals surface area contributed by atoms with E-state index < -0.39 is 17.4 Å². The standard InChI is InChI=1S/C15H19NO5/c17-13(16-15(14(18)19)7-9-21-11-15)10-20-8-6-12-4-2-1-3-5-12/h1-5H,6-11H2,(H,16,17)(H,18,19). The van der Waals surface area contributed by atoms with Gasteiger partial charge in [-0.05, 0) is 12.0 Å². The average molecular weight is 293 g/mol. The van der Waals surface area contributed by atoms with Crippen molar-refractivity contribution in [2.75, 3.05) is 26.4 Å². The largest absolute Gasteiger partial charge is 0.479 e. The van der Waals surface area contributed by atoms with Crippen molar-refractivity contribution in [2.45, 2.75) is 18.4 Å². The minimum Gasteiger partial charge on any atom is -0.479 e. The van der Waals surface area contributed by atoms with Crippen molar-refractivity contribution >= 4 is 11.9 Å². The van der Waals surface area contributed by atoms with Gasteiger partial charge in [0.05, 0.1) is 13.2 Å². The number of carbonyl (C=O) groups is 2. The smallest absolute Gasteiger partial charge is 0.331 e. The Balaban J connectivity index is 1.71. The SMILES string of the molecule is O=C(COCCc1ccccc1)NC1(C(=O)O)CCOC1. The lowest BCUT2D eigenvalue weighted by Gasteiger charge is -2.23. The van der Waals surface area contributed by atoms with Crippen LogP contribution in [-0.4, -0.2) is 48.9 Å².